The highest BCUT2D eigenvalue weighted by Gasteiger charge is 2.12. The van der Waals surface area contributed by atoms with E-state index in [0.29, 0.717) is 12.3 Å². The first-order valence-electron chi connectivity index (χ1n) is 5.32. The van der Waals surface area contributed by atoms with Crippen LogP contribution in [0, 0.1) is 0 Å². The van der Waals surface area contributed by atoms with E-state index in [4.69, 9.17) is 9.84 Å². The summed E-state index contributed by atoms with van der Waals surface area (Å²) in [6.45, 7) is 3.75. The summed E-state index contributed by atoms with van der Waals surface area (Å²) in [5.74, 6) is -0.995. The summed E-state index contributed by atoms with van der Waals surface area (Å²) in [5, 5.41) is 11.5. The highest BCUT2D eigenvalue weighted by molar-refractivity contribution is 5.93. The van der Waals surface area contributed by atoms with E-state index in [1.807, 2.05) is 6.92 Å². The fourth-order valence-electron chi connectivity index (χ4n) is 1.31. The molecule has 1 aromatic carbocycles. The number of carboxylic acid groups (broad SMARTS) is 1. The van der Waals surface area contributed by atoms with E-state index in [1.165, 1.54) is 25.1 Å². The van der Waals surface area contributed by atoms with E-state index >= 15 is 0 Å². The second-order valence-corrected chi connectivity index (χ2v) is 3.55. The first-order chi connectivity index (χ1) is 8.04. The smallest absolute Gasteiger partial charge is 0.339 e. The summed E-state index contributed by atoms with van der Waals surface area (Å²) in [5.41, 5.74) is 0.612. The summed E-state index contributed by atoms with van der Waals surface area (Å²) in [4.78, 5) is 21.8. The van der Waals surface area contributed by atoms with Crippen LogP contribution in [0.3, 0.4) is 0 Å². The van der Waals surface area contributed by atoms with Crippen LogP contribution in [0.1, 0.15) is 30.6 Å². The molecule has 0 atom stereocenters. The van der Waals surface area contributed by atoms with E-state index in [0.717, 1.165) is 6.42 Å². The van der Waals surface area contributed by atoms with Gasteiger partial charge in [0.1, 0.15) is 11.3 Å². The summed E-state index contributed by atoms with van der Waals surface area (Å²) >= 11 is 0. The zero-order chi connectivity index (χ0) is 12.8. The maximum atomic E-state index is 11.0. The summed E-state index contributed by atoms with van der Waals surface area (Å²) in [7, 11) is 0. The lowest BCUT2D eigenvalue weighted by Crippen LogP contribution is -2.08. The maximum absolute atomic E-state index is 11.0. The number of aromatic carboxylic acids is 1. The second kappa shape index (κ2) is 5.89. The van der Waals surface area contributed by atoms with Crippen LogP contribution in [0.4, 0.5) is 5.69 Å². The number of amides is 1. The van der Waals surface area contributed by atoms with Gasteiger partial charge in [0.15, 0.2) is 0 Å². The lowest BCUT2D eigenvalue weighted by Gasteiger charge is -2.10. The zero-order valence-corrected chi connectivity index (χ0v) is 9.82. The third kappa shape index (κ3) is 3.79. The van der Waals surface area contributed by atoms with Crippen LogP contribution >= 0.6 is 0 Å². The Bertz CT molecular complexity index is 429. The molecule has 5 nitrogen and oxygen atoms in total. The number of nitrogens with one attached hydrogen (secondary N) is 1. The molecule has 0 aliphatic rings. The van der Waals surface area contributed by atoms with Crippen LogP contribution in [-0.4, -0.2) is 23.6 Å². The average Bonchev–Trinajstić information content (AvgIpc) is 2.25. The van der Waals surface area contributed by atoms with E-state index < -0.39 is 5.97 Å². The topological polar surface area (TPSA) is 75.6 Å². The molecule has 1 rings (SSSR count). The average molecular weight is 237 g/mol. The summed E-state index contributed by atoms with van der Waals surface area (Å²) in [6.07, 6.45) is 0.781. The molecule has 0 saturated heterocycles. The molecule has 5 heteroatoms. The molecular formula is C12H15NO4. The number of rotatable bonds is 5. The first kappa shape index (κ1) is 13.0. The predicted octanol–water partition coefficient (Wildman–Crippen LogP) is 2.13. The van der Waals surface area contributed by atoms with Crippen molar-refractivity contribution < 1.29 is 19.4 Å². The second-order valence-electron chi connectivity index (χ2n) is 3.55. The van der Waals surface area contributed by atoms with Gasteiger partial charge < -0.3 is 15.2 Å². The van der Waals surface area contributed by atoms with Gasteiger partial charge in [-0.3, -0.25) is 4.79 Å². The molecule has 0 fully saturated rings. The molecule has 92 valence electrons. The van der Waals surface area contributed by atoms with Crippen molar-refractivity contribution in [3.8, 4) is 5.75 Å². The fraction of sp³-hybridized carbons (Fsp3) is 0.333. The lowest BCUT2D eigenvalue weighted by molar-refractivity contribution is -0.114. The molecule has 0 spiro atoms. The Morgan fingerprint density at radius 1 is 1.41 bits per heavy atom. The monoisotopic (exact) mass is 237 g/mol. The quantitative estimate of drug-likeness (QED) is 0.822. The van der Waals surface area contributed by atoms with Gasteiger partial charge in [0.05, 0.1) is 6.61 Å². The number of carbonyl (C=O) groups excluding carboxylic acids is 1. The number of carboxylic acids is 1. The molecule has 0 bridgehead atoms. The van der Waals surface area contributed by atoms with E-state index in [9.17, 15) is 9.59 Å². The minimum atomic E-state index is -1.05. The van der Waals surface area contributed by atoms with Crippen LogP contribution in [0.2, 0.25) is 0 Å². The first-order valence-corrected chi connectivity index (χ1v) is 5.32. The van der Waals surface area contributed by atoms with Crippen molar-refractivity contribution in [1.82, 2.24) is 0 Å². The molecule has 0 aliphatic heterocycles. The van der Waals surface area contributed by atoms with Gasteiger partial charge in [0.25, 0.3) is 0 Å². The Kier molecular flexibility index (Phi) is 4.51. The van der Waals surface area contributed by atoms with Crippen molar-refractivity contribution in [2.45, 2.75) is 20.3 Å². The van der Waals surface area contributed by atoms with Gasteiger partial charge in [0.2, 0.25) is 5.91 Å². The zero-order valence-electron chi connectivity index (χ0n) is 9.82. The van der Waals surface area contributed by atoms with E-state index in [-0.39, 0.29) is 17.2 Å². The Hall–Kier alpha value is -2.04. The van der Waals surface area contributed by atoms with Gasteiger partial charge in [-0.05, 0) is 18.6 Å². The van der Waals surface area contributed by atoms with Gasteiger partial charge >= 0.3 is 5.97 Å². The number of hydrogen-bond acceptors (Lipinski definition) is 3. The normalized spacial score (nSPS) is 9.76. The third-order valence-corrected chi connectivity index (χ3v) is 1.99. The Morgan fingerprint density at radius 3 is 2.65 bits per heavy atom. The van der Waals surface area contributed by atoms with Crippen molar-refractivity contribution in [2.24, 2.45) is 0 Å². The molecule has 17 heavy (non-hydrogen) atoms. The molecule has 1 amide bonds. The molecular weight excluding hydrogens is 222 g/mol. The van der Waals surface area contributed by atoms with E-state index in [1.54, 1.807) is 0 Å². The van der Waals surface area contributed by atoms with Crippen LogP contribution in [0.5, 0.6) is 5.75 Å². The standard InChI is InChI=1S/C12H15NO4/c1-3-6-17-11-7-9(13-8(2)14)4-5-10(11)12(15)16/h4-5,7H,3,6H2,1-2H3,(H,13,14)(H,15,16). The van der Waals surface area contributed by atoms with Crippen LogP contribution < -0.4 is 10.1 Å². The third-order valence-electron chi connectivity index (χ3n) is 1.99. The highest BCUT2D eigenvalue weighted by Crippen LogP contribution is 2.23. The molecule has 0 unspecified atom stereocenters. The van der Waals surface area contributed by atoms with E-state index in [2.05, 4.69) is 5.32 Å². The van der Waals surface area contributed by atoms with Gasteiger partial charge in [-0.15, -0.1) is 0 Å². The Balaban J connectivity index is 3.00. The predicted molar refractivity (Wildman–Crippen MR) is 63.5 cm³/mol. The van der Waals surface area contributed by atoms with Crippen LogP contribution in [0.25, 0.3) is 0 Å². The molecule has 0 saturated carbocycles. The van der Waals surface area contributed by atoms with Gasteiger partial charge in [0, 0.05) is 18.7 Å². The largest absolute Gasteiger partial charge is 0.493 e. The van der Waals surface area contributed by atoms with Crippen molar-refractivity contribution in [1.29, 1.82) is 0 Å². The SMILES string of the molecule is CCCOc1cc(NC(C)=O)ccc1C(=O)O. The van der Waals surface area contributed by atoms with Crippen LogP contribution in [-0.2, 0) is 4.79 Å². The van der Waals surface area contributed by atoms with Crippen molar-refractivity contribution in [2.75, 3.05) is 11.9 Å². The molecule has 0 aromatic heterocycles. The van der Waals surface area contributed by atoms with Gasteiger partial charge in [-0.1, -0.05) is 6.92 Å². The Labute approximate surface area is 99.4 Å². The van der Waals surface area contributed by atoms with Crippen molar-refractivity contribution in [3.05, 3.63) is 23.8 Å². The number of ether oxygens (including phenoxy) is 1. The summed E-state index contributed by atoms with van der Waals surface area (Å²) in [6, 6.07) is 4.46. The number of benzene rings is 1. The minimum absolute atomic E-state index is 0.0903. The molecule has 1 aromatic rings. The van der Waals surface area contributed by atoms with Crippen molar-refractivity contribution in [3.63, 3.8) is 0 Å². The lowest BCUT2D eigenvalue weighted by atomic mass is 10.2. The number of carbonyl (C=O) groups is 2. The van der Waals surface area contributed by atoms with Crippen molar-refractivity contribution >= 4 is 17.6 Å². The molecule has 2 N–H and O–H groups in total. The number of hydrogen-bond donors (Lipinski definition) is 2. The number of anilines is 1. The summed E-state index contributed by atoms with van der Waals surface area (Å²) < 4.78 is 5.34. The molecule has 0 aliphatic carbocycles. The molecule has 0 heterocycles. The molecule has 0 radical (unpaired) electrons. The van der Waals surface area contributed by atoms with Gasteiger partial charge in [-0.25, -0.2) is 4.79 Å². The highest BCUT2D eigenvalue weighted by atomic mass is 16.5. The maximum Gasteiger partial charge on any atom is 0.339 e. The van der Waals surface area contributed by atoms with Crippen LogP contribution in [0.15, 0.2) is 18.2 Å². The fourth-order valence-corrected chi connectivity index (χ4v) is 1.31. The Morgan fingerprint density at radius 2 is 2.12 bits per heavy atom. The van der Waals surface area contributed by atoms with Gasteiger partial charge in [-0.2, -0.15) is 0 Å². The minimum Gasteiger partial charge on any atom is -0.493 e.